The summed E-state index contributed by atoms with van der Waals surface area (Å²) in [5.74, 6) is 0.982. The monoisotopic (exact) mass is 406 g/mol. The highest BCUT2D eigenvalue weighted by atomic mass is 35.5. The number of ether oxygens (including phenoxy) is 2. The van der Waals surface area contributed by atoms with Gasteiger partial charge in [-0.05, 0) is 42.0 Å². The third-order valence-corrected chi connectivity index (χ3v) is 4.73. The lowest BCUT2D eigenvalue weighted by Crippen LogP contribution is -2.13. The van der Waals surface area contributed by atoms with Crippen LogP contribution in [0.3, 0.4) is 0 Å². The van der Waals surface area contributed by atoms with Gasteiger partial charge in [-0.25, -0.2) is 0 Å². The summed E-state index contributed by atoms with van der Waals surface area (Å²) in [4.78, 5) is 15.8. The van der Waals surface area contributed by atoms with Crippen molar-refractivity contribution in [2.45, 2.75) is 6.61 Å². The fourth-order valence-electron chi connectivity index (χ4n) is 3.03. The van der Waals surface area contributed by atoms with E-state index in [1.165, 1.54) is 0 Å². The summed E-state index contributed by atoms with van der Waals surface area (Å²) < 4.78 is 11.1. The highest BCUT2D eigenvalue weighted by Crippen LogP contribution is 2.29. The summed E-state index contributed by atoms with van der Waals surface area (Å²) in [7, 11) is 1.54. The smallest absolute Gasteiger partial charge is 0.272 e. The standard InChI is InChI=1S/C23H19ClN2O3/c1-28-22-10-8-17(24)12-20(22)26-23(27)21-11-16-7-9-18(13-19(16)25-21)29-14-15-5-3-2-4-6-15/h2-13,25H,14H2,1H3,(H,26,27). The van der Waals surface area contributed by atoms with E-state index in [4.69, 9.17) is 21.1 Å². The van der Waals surface area contributed by atoms with Crippen molar-refractivity contribution in [2.75, 3.05) is 12.4 Å². The predicted octanol–water partition coefficient (Wildman–Crippen LogP) is 5.66. The molecule has 0 aliphatic heterocycles. The molecule has 0 bridgehead atoms. The molecule has 1 heterocycles. The first-order valence-electron chi connectivity index (χ1n) is 9.07. The lowest BCUT2D eigenvalue weighted by atomic mass is 10.2. The molecule has 0 saturated heterocycles. The summed E-state index contributed by atoms with van der Waals surface area (Å²) in [5.41, 5.74) is 2.85. The molecule has 0 aliphatic carbocycles. The molecule has 29 heavy (non-hydrogen) atoms. The van der Waals surface area contributed by atoms with Crippen LogP contribution in [-0.2, 0) is 6.61 Å². The third-order valence-electron chi connectivity index (χ3n) is 4.50. The van der Waals surface area contributed by atoms with E-state index in [0.29, 0.717) is 28.8 Å². The van der Waals surface area contributed by atoms with Crippen molar-refractivity contribution in [3.8, 4) is 11.5 Å². The Kier molecular flexibility index (Phi) is 5.40. The van der Waals surface area contributed by atoms with E-state index >= 15 is 0 Å². The Balaban J connectivity index is 1.51. The van der Waals surface area contributed by atoms with Gasteiger partial charge in [0.15, 0.2) is 0 Å². The second kappa shape index (κ2) is 8.29. The molecule has 3 aromatic carbocycles. The fraction of sp³-hybridized carbons (Fsp3) is 0.0870. The number of carbonyl (C=O) groups is 1. The topological polar surface area (TPSA) is 63.4 Å². The van der Waals surface area contributed by atoms with Crippen molar-refractivity contribution in [2.24, 2.45) is 0 Å². The summed E-state index contributed by atoms with van der Waals surface area (Å²) in [6.45, 7) is 0.481. The van der Waals surface area contributed by atoms with E-state index in [2.05, 4.69) is 10.3 Å². The highest BCUT2D eigenvalue weighted by Gasteiger charge is 2.13. The zero-order chi connectivity index (χ0) is 20.2. The largest absolute Gasteiger partial charge is 0.495 e. The van der Waals surface area contributed by atoms with Gasteiger partial charge in [-0.15, -0.1) is 0 Å². The van der Waals surface area contributed by atoms with Gasteiger partial charge in [0, 0.05) is 22.0 Å². The predicted molar refractivity (Wildman–Crippen MR) is 115 cm³/mol. The Bertz CT molecular complexity index is 1160. The van der Waals surface area contributed by atoms with Crippen LogP contribution in [0.25, 0.3) is 10.9 Å². The average Bonchev–Trinajstić information content (AvgIpc) is 3.17. The van der Waals surface area contributed by atoms with E-state index in [-0.39, 0.29) is 5.91 Å². The van der Waals surface area contributed by atoms with E-state index in [9.17, 15) is 4.79 Å². The fourth-order valence-corrected chi connectivity index (χ4v) is 3.20. The van der Waals surface area contributed by atoms with Crippen LogP contribution in [0, 0.1) is 0 Å². The van der Waals surface area contributed by atoms with Gasteiger partial charge < -0.3 is 19.8 Å². The summed E-state index contributed by atoms with van der Waals surface area (Å²) >= 11 is 6.03. The molecule has 0 atom stereocenters. The van der Waals surface area contributed by atoms with Gasteiger partial charge in [-0.2, -0.15) is 0 Å². The van der Waals surface area contributed by atoms with Gasteiger partial charge in [0.1, 0.15) is 23.8 Å². The van der Waals surface area contributed by atoms with Crippen LogP contribution >= 0.6 is 11.6 Å². The molecule has 2 N–H and O–H groups in total. The molecule has 0 radical (unpaired) electrons. The Labute approximate surface area is 173 Å². The van der Waals surface area contributed by atoms with Crippen molar-refractivity contribution in [3.05, 3.63) is 89.1 Å². The first-order valence-corrected chi connectivity index (χ1v) is 9.44. The summed E-state index contributed by atoms with van der Waals surface area (Å²) in [6, 6.07) is 22.5. The van der Waals surface area contributed by atoms with Gasteiger partial charge in [-0.3, -0.25) is 4.79 Å². The zero-order valence-corrected chi connectivity index (χ0v) is 16.5. The van der Waals surface area contributed by atoms with Crippen LogP contribution < -0.4 is 14.8 Å². The number of hydrogen-bond donors (Lipinski definition) is 2. The van der Waals surface area contributed by atoms with Crippen molar-refractivity contribution in [3.63, 3.8) is 0 Å². The van der Waals surface area contributed by atoms with Crippen molar-refractivity contribution >= 4 is 34.1 Å². The number of hydrogen-bond acceptors (Lipinski definition) is 3. The molecule has 146 valence electrons. The number of fused-ring (bicyclic) bond motifs is 1. The van der Waals surface area contributed by atoms with Crippen molar-refractivity contribution in [1.82, 2.24) is 4.98 Å². The van der Waals surface area contributed by atoms with Crippen LogP contribution in [0.1, 0.15) is 16.1 Å². The number of aromatic amines is 1. The maximum Gasteiger partial charge on any atom is 0.272 e. The quantitative estimate of drug-likeness (QED) is 0.434. The van der Waals surface area contributed by atoms with Gasteiger partial charge in [0.05, 0.1) is 12.8 Å². The summed E-state index contributed by atoms with van der Waals surface area (Å²) in [5, 5.41) is 4.26. The number of rotatable bonds is 6. The molecule has 0 saturated carbocycles. The molecule has 0 fully saturated rings. The van der Waals surface area contributed by atoms with Crippen LogP contribution in [-0.4, -0.2) is 18.0 Å². The molecular weight excluding hydrogens is 388 g/mol. The molecule has 4 aromatic rings. The normalized spacial score (nSPS) is 10.7. The minimum Gasteiger partial charge on any atom is -0.495 e. The Morgan fingerprint density at radius 3 is 2.66 bits per heavy atom. The number of anilines is 1. The average molecular weight is 407 g/mol. The van der Waals surface area contributed by atoms with E-state index in [1.807, 2.05) is 48.5 Å². The molecular formula is C23H19ClN2O3. The number of amides is 1. The minimum atomic E-state index is -0.284. The maximum absolute atomic E-state index is 12.7. The Morgan fingerprint density at radius 2 is 1.86 bits per heavy atom. The third kappa shape index (κ3) is 4.36. The molecule has 0 aliphatic rings. The SMILES string of the molecule is COc1ccc(Cl)cc1NC(=O)c1cc2ccc(OCc3ccccc3)cc2[nH]1. The molecule has 1 aromatic heterocycles. The molecule has 1 amide bonds. The second-order valence-electron chi connectivity index (χ2n) is 6.51. The first kappa shape index (κ1) is 18.9. The van der Waals surface area contributed by atoms with Crippen molar-refractivity contribution in [1.29, 1.82) is 0 Å². The number of H-pyrrole nitrogens is 1. The number of nitrogens with one attached hydrogen (secondary N) is 2. The number of benzene rings is 3. The molecule has 0 spiro atoms. The lowest BCUT2D eigenvalue weighted by molar-refractivity contribution is 0.102. The van der Waals surface area contributed by atoms with Gasteiger partial charge in [0.2, 0.25) is 0 Å². The van der Waals surface area contributed by atoms with Gasteiger partial charge in [-0.1, -0.05) is 41.9 Å². The minimum absolute atomic E-state index is 0.284. The number of halogens is 1. The zero-order valence-electron chi connectivity index (χ0n) is 15.7. The molecule has 4 rings (SSSR count). The number of carbonyl (C=O) groups excluding carboxylic acids is 1. The van der Waals surface area contributed by atoms with Gasteiger partial charge >= 0.3 is 0 Å². The Morgan fingerprint density at radius 1 is 1.03 bits per heavy atom. The van der Waals surface area contributed by atoms with Crippen molar-refractivity contribution < 1.29 is 14.3 Å². The first-order chi connectivity index (χ1) is 14.1. The van der Waals surface area contributed by atoms with Gasteiger partial charge in [0.25, 0.3) is 5.91 Å². The van der Waals surface area contributed by atoms with Crippen LogP contribution in [0.5, 0.6) is 11.5 Å². The Hall–Kier alpha value is -3.44. The molecule has 5 nitrogen and oxygen atoms in total. The van der Waals surface area contributed by atoms with Crippen LogP contribution in [0.4, 0.5) is 5.69 Å². The summed E-state index contributed by atoms with van der Waals surface area (Å²) in [6.07, 6.45) is 0. The lowest BCUT2D eigenvalue weighted by Gasteiger charge is -2.09. The molecule has 6 heteroatoms. The van der Waals surface area contributed by atoms with Crippen LogP contribution in [0.2, 0.25) is 5.02 Å². The second-order valence-corrected chi connectivity index (χ2v) is 6.94. The number of methoxy groups -OCH3 is 1. The van der Waals surface area contributed by atoms with Crippen LogP contribution in [0.15, 0.2) is 72.8 Å². The van der Waals surface area contributed by atoms with E-state index < -0.39 is 0 Å². The van der Waals surface area contributed by atoms with E-state index in [1.54, 1.807) is 31.4 Å². The highest BCUT2D eigenvalue weighted by molar-refractivity contribution is 6.31. The number of aromatic nitrogens is 1. The maximum atomic E-state index is 12.7. The van der Waals surface area contributed by atoms with E-state index in [0.717, 1.165) is 22.2 Å². The molecule has 0 unspecified atom stereocenters.